The summed E-state index contributed by atoms with van der Waals surface area (Å²) in [6.45, 7) is 18.6. The number of nitrogens with one attached hydrogen (secondary N) is 5. The van der Waals surface area contributed by atoms with E-state index in [9.17, 15) is 24.0 Å². The van der Waals surface area contributed by atoms with Crippen molar-refractivity contribution in [3.8, 4) is 0 Å². The number of amides is 2. The van der Waals surface area contributed by atoms with Crippen molar-refractivity contribution in [3.63, 3.8) is 0 Å². The SMILES string of the molecule is CC.CCC(C)C(NC(=O)CCCC(=O)O)C(=O)NCC=O.CCNC.CCc1ccccc1.CNC(CNCC=O)CC(C)C. The van der Waals surface area contributed by atoms with Gasteiger partial charge in [-0.25, -0.2) is 0 Å². The predicted molar refractivity (Wildman–Crippen MR) is 190 cm³/mol. The molecule has 0 fully saturated rings. The Labute approximate surface area is 279 Å². The Morgan fingerprint density at radius 2 is 1.46 bits per heavy atom. The number of likely N-dealkylation sites (N-methyl/N-ethyl adjacent to an activating group) is 1. The molecule has 0 aliphatic heterocycles. The fraction of sp³-hybridized carbons (Fsp3) is 0.686. The molecule has 0 aromatic heterocycles. The summed E-state index contributed by atoms with van der Waals surface area (Å²) in [5, 5.41) is 22.7. The summed E-state index contributed by atoms with van der Waals surface area (Å²) in [7, 11) is 3.88. The second kappa shape index (κ2) is 38.0. The molecule has 3 unspecified atom stereocenters. The molecule has 0 saturated carbocycles. The van der Waals surface area contributed by atoms with Crippen LogP contribution in [0.4, 0.5) is 0 Å². The number of aryl methyl sites for hydroxylation is 1. The maximum absolute atomic E-state index is 11.8. The largest absolute Gasteiger partial charge is 0.481 e. The molecule has 1 aromatic carbocycles. The zero-order chi connectivity index (χ0) is 36.2. The molecule has 1 rings (SSSR count). The lowest BCUT2D eigenvalue weighted by molar-refractivity contribution is -0.137. The van der Waals surface area contributed by atoms with Gasteiger partial charge in [-0.15, -0.1) is 0 Å². The van der Waals surface area contributed by atoms with E-state index in [2.05, 4.69) is 78.5 Å². The number of rotatable bonds is 19. The summed E-state index contributed by atoms with van der Waals surface area (Å²) < 4.78 is 0. The zero-order valence-corrected chi connectivity index (χ0v) is 30.4. The summed E-state index contributed by atoms with van der Waals surface area (Å²) in [4.78, 5) is 54.1. The number of hydrogen-bond donors (Lipinski definition) is 6. The number of aliphatic carboxylic acids is 1. The van der Waals surface area contributed by atoms with Crippen LogP contribution in [0.3, 0.4) is 0 Å². The monoisotopic (exact) mass is 654 g/mol. The molecule has 11 nitrogen and oxygen atoms in total. The van der Waals surface area contributed by atoms with Crippen LogP contribution in [-0.2, 0) is 30.4 Å². The molecule has 6 N–H and O–H groups in total. The first-order valence-electron chi connectivity index (χ1n) is 16.7. The van der Waals surface area contributed by atoms with Crippen LogP contribution in [0, 0.1) is 11.8 Å². The molecule has 0 radical (unpaired) electrons. The third-order valence-electron chi connectivity index (χ3n) is 6.35. The van der Waals surface area contributed by atoms with Crippen LogP contribution in [0.1, 0.15) is 93.1 Å². The number of benzene rings is 1. The van der Waals surface area contributed by atoms with Gasteiger partial charge in [0.25, 0.3) is 0 Å². The minimum Gasteiger partial charge on any atom is -0.481 e. The first kappa shape index (κ1) is 49.7. The van der Waals surface area contributed by atoms with E-state index in [-0.39, 0.29) is 37.6 Å². The Bertz CT molecular complexity index is 853. The summed E-state index contributed by atoms with van der Waals surface area (Å²) in [6.07, 6.45) is 4.63. The lowest BCUT2D eigenvalue weighted by Crippen LogP contribution is -2.50. The van der Waals surface area contributed by atoms with Gasteiger partial charge in [0, 0.05) is 25.4 Å². The molecule has 0 saturated heterocycles. The standard InChI is InChI=1S/C13H22N2O5.C9H20N2O.C8H10.C3H9N.C2H6/c1-3-9(2)12(13(20)14-7-8-16)15-10(17)5-4-6-11(18)19;1-8(2)6-9(10-3)7-11-4-5-12;1-2-8-6-4-3-5-7-8;1-3-4-2;1-2/h8-9,12H,3-7H2,1-2H3,(H,14,20)(H,15,17)(H,18,19);5,8-11H,4,6-7H2,1-3H3;3-7H,2H2,1H3;4H,3H2,1-2H3;1-2H3. The number of carbonyl (C=O) groups excluding carboxylic acids is 4. The van der Waals surface area contributed by atoms with E-state index in [4.69, 9.17) is 5.11 Å². The van der Waals surface area contributed by atoms with Crippen LogP contribution >= 0.6 is 0 Å². The van der Waals surface area contributed by atoms with E-state index in [0.29, 0.717) is 31.2 Å². The van der Waals surface area contributed by atoms with Crippen molar-refractivity contribution in [2.24, 2.45) is 11.8 Å². The van der Waals surface area contributed by atoms with Crippen LogP contribution in [-0.4, -0.2) is 87.8 Å². The van der Waals surface area contributed by atoms with Crippen LogP contribution < -0.4 is 26.6 Å². The molecule has 0 spiro atoms. The highest BCUT2D eigenvalue weighted by atomic mass is 16.4. The number of aldehydes is 2. The van der Waals surface area contributed by atoms with Crippen molar-refractivity contribution in [3.05, 3.63) is 35.9 Å². The van der Waals surface area contributed by atoms with Gasteiger partial charge in [-0.05, 0) is 57.3 Å². The average molecular weight is 654 g/mol. The van der Waals surface area contributed by atoms with Crippen molar-refractivity contribution < 1.29 is 29.1 Å². The fourth-order valence-corrected chi connectivity index (χ4v) is 3.50. The minimum atomic E-state index is -0.958. The number of carboxylic acids is 1. The Morgan fingerprint density at radius 3 is 1.85 bits per heavy atom. The number of hydrogen-bond acceptors (Lipinski definition) is 8. The van der Waals surface area contributed by atoms with Crippen molar-refractivity contribution >= 4 is 30.4 Å². The molecule has 0 heterocycles. The van der Waals surface area contributed by atoms with E-state index in [1.165, 1.54) is 5.56 Å². The van der Waals surface area contributed by atoms with E-state index in [0.717, 1.165) is 32.2 Å². The van der Waals surface area contributed by atoms with Gasteiger partial charge >= 0.3 is 5.97 Å². The molecule has 2 amide bonds. The predicted octanol–water partition coefficient (Wildman–Crippen LogP) is 4.00. The van der Waals surface area contributed by atoms with Gasteiger partial charge in [-0.2, -0.15) is 0 Å². The summed E-state index contributed by atoms with van der Waals surface area (Å²) >= 11 is 0. The molecule has 268 valence electrons. The second-order valence-corrected chi connectivity index (χ2v) is 10.6. The molecular formula is C35H67N5O6. The quantitative estimate of drug-likeness (QED) is 0.0956. The van der Waals surface area contributed by atoms with E-state index in [1.807, 2.05) is 47.9 Å². The minimum absolute atomic E-state index is 0.0557. The molecule has 1 aromatic rings. The third kappa shape index (κ3) is 35.3. The second-order valence-electron chi connectivity index (χ2n) is 10.6. The van der Waals surface area contributed by atoms with Gasteiger partial charge in [-0.1, -0.05) is 92.1 Å². The van der Waals surface area contributed by atoms with Gasteiger partial charge in [-0.3, -0.25) is 14.4 Å². The molecule has 3 atom stereocenters. The molecule has 46 heavy (non-hydrogen) atoms. The van der Waals surface area contributed by atoms with Crippen molar-refractivity contribution in [1.82, 2.24) is 26.6 Å². The average Bonchev–Trinajstić information content (AvgIpc) is 3.07. The first-order valence-corrected chi connectivity index (χ1v) is 16.7. The molecule has 11 heteroatoms. The topological polar surface area (TPSA) is 166 Å². The van der Waals surface area contributed by atoms with Gasteiger partial charge in [0.1, 0.15) is 18.6 Å². The highest BCUT2D eigenvalue weighted by Crippen LogP contribution is 2.09. The number of carbonyl (C=O) groups is 5. The van der Waals surface area contributed by atoms with Crippen LogP contribution in [0.2, 0.25) is 0 Å². The van der Waals surface area contributed by atoms with Crippen molar-refractivity contribution in [1.29, 1.82) is 0 Å². The zero-order valence-electron chi connectivity index (χ0n) is 30.4. The Balaban J connectivity index is -0.000000285. The Morgan fingerprint density at radius 1 is 0.891 bits per heavy atom. The maximum atomic E-state index is 11.8. The van der Waals surface area contributed by atoms with E-state index in [1.54, 1.807) is 0 Å². The molecule has 0 bridgehead atoms. The fourth-order valence-electron chi connectivity index (χ4n) is 3.50. The summed E-state index contributed by atoms with van der Waals surface area (Å²) in [5.41, 5.74) is 1.41. The normalized spacial score (nSPS) is 11.5. The molecular weight excluding hydrogens is 586 g/mol. The van der Waals surface area contributed by atoms with Crippen molar-refractivity contribution in [2.75, 3.05) is 40.3 Å². The highest BCUT2D eigenvalue weighted by Gasteiger charge is 2.25. The van der Waals surface area contributed by atoms with Gasteiger partial charge in [0.05, 0.1) is 13.1 Å². The van der Waals surface area contributed by atoms with E-state index < -0.39 is 17.9 Å². The van der Waals surface area contributed by atoms with Gasteiger partial charge in [0.15, 0.2) is 0 Å². The highest BCUT2D eigenvalue weighted by molar-refractivity contribution is 5.88. The van der Waals surface area contributed by atoms with Crippen molar-refractivity contribution in [2.45, 2.75) is 106 Å². The summed E-state index contributed by atoms with van der Waals surface area (Å²) in [6, 6.07) is 10.2. The maximum Gasteiger partial charge on any atom is 0.303 e. The summed E-state index contributed by atoms with van der Waals surface area (Å²) in [5.74, 6) is -1.11. The van der Waals surface area contributed by atoms with Gasteiger partial charge < -0.3 is 41.3 Å². The third-order valence-corrected chi connectivity index (χ3v) is 6.35. The molecule has 0 aliphatic carbocycles. The number of carboxylic acid groups (broad SMARTS) is 1. The lowest BCUT2D eigenvalue weighted by atomic mass is 9.98. The first-order chi connectivity index (χ1) is 22.0. The smallest absolute Gasteiger partial charge is 0.303 e. The Hall–Kier alpha value is -3.15. The van der Waals surface area contributed by atoms with Gasteiger partial charge in [0.2, 0.25) is 11.8 Å². The van der Waals surface area contributed by atoms with Crippen LogP contribution in [0.15, 0.2) is 30.3 Å². The van der Waals surface area contributed by atoms with Crippen LogP contribution in [0.25, 0.3) is 0 Å². The van der Waals surface area contributed by atoms with Crippen LogP contribution in [0.5, 0.6) is 0 Å². The van der Waals surface area contributed by atoms with E-state index >= 15 is 0 Å². The molecule has 0 aliphatic rings. The Kier molecular flexibility index (Phi) is 41.1. The lowest BCUT2D eigenvalue weighted by Gasteiger charge is -2.23.